The van der Waals surface area contributed by atoms with Gasteiger partial charge < -0.3 is 14.4 Å². The molecule has 82 valence electrons. The van der Waals surface area contributed by atoms with Crippen LogP contribution in [0.1, 0.15) is 37.0 Å². The van der Waals surface area contributed by atoms with Crippen LogP contribution in [0.25, 0.3) is 0 Å². The molecule has 2 atom stereocenters. The van der Waals surface area contributed by atoms with Crippen molar-refractivity contribution < 1.29 is 9.84 Å². The number of rotatable bonds is 1. The molecule has 3 heterocycles. The van der Waals surface area contributed by atoms with Gasteiger partial charge in [0, 0.05) is 19.6 Å². The van der Waals surface area contributed by atoms with Crippen molar-refractivity contribution in [2.75, 3.05) is 6.61 Å². The Morgan fingerprint density at radius 2 is 2.27 bits per heavy atom. The predicted molar refractivity (Wildman–Crippen MR) is 52.3 cm³/mol. The van der Waals surface area contributed by atoms with Crippen LogP contribution in [0, 0.1) is 0 Å². The third-order valence-corrected chi connectivity index (χ3v) is 3.18. The highest BCUT2D eigenvalue weighted by Crippen LogP contribution is 2.29. The summed E-state index contributed by atoms with van der Waals surface area (Å²) in [6, 6.07) is 0. The standard InChI is InChI=1S/C10H15N3O2/c14-7-3-4-13-9(6-7)11-12-10(13)8-2-1-5-15-8/h7-8,14H,1-6H2. The van der Waals surface area contributed by atoms with Crippen LogP contribution in [0.4, 0.5) is 0 Å². The lowest BCUT2D eigenvalue weighted by Crippen LogP contribution is -2.25. The number of nitrogens with zero attached hydrogens (tertiary/aromatic N) is 3. The topological polar surface area (TPSA) is 60.2 Å². The first-order valence-electron chi connectivity index (χ1n) is 5.56. The Balaban J connectivity index is 1.90. The fourth-order valence-corrected chi connectivity index (χ4v) is 2.35. The quantitative estimate of drug-likeness (QED) is 0.729. The van der Waals surface area contributed by atoms with E-state index >= 15 is 0 Å². The summed E-state index contributed by atoms with van der Waals surface area (Å²) in [5, 5.41) is 17.8. The molecule has 2 aliphatic heterocycles. The van der Waals surface area contributed by atoms with Crippen molar-refractivity contribution in [3.05, 3.63) is 11.6 Å². The van der Waals surface area contributed by atoms with Gasteiger partial charge in [-0.05, 0) is 19.3 Å². The van der Waals surface area contributed by atoms with Gasteiger partial charge in [0.15, 0.2) is 5.82 Å². The maximum Gasteiger partial charge on any atom is 0.162 e. The first-order chi connectivity index (χ1) is 7.34. The van der Waals surface area contributed by atoms with Gasteiger partial charge in [-0.15, -0.1) is 10.2 Å². The minimum Gasteiger partial charge on any atom is -0.393 e. The predicted octanol–water partition coefficient (Wildman–Crippen LogP) is 0.437. The summed E-state index contributed by atoms with van der Waals surface area (Å²) < 4.78 is 7.72. The highest BCUT2D eigenvalue weighted by molar-refractivity contribution is 5.04. The Bertz CT molecular complexity index is 358. The van der Waals surface area contributed by atoms with E-state index in [1.807, 2.05) is 0 Å². The maximum atomic E-state index is 9.52. The van der Waals surface area contributed by atoms with Crippen molar-refractivity contribution in [2.45, 2.75) is 44.4 Å². The molecule has 3 rings (SSSR count). The molecule has 0 bridgehead atoms. The third-order valence-electron chi connectivity index (χ3n) is 3.18. The van der Waals surface area contributed by atoms with Gasteiger partial charge in [0.25, 0.3) is 0 Å². The molecule has 2 unspecified atom stereocenters. The van der Waals surface area contributed by atoms with E-state index < -0.39 is 0 Å². The number of hydrogen-bond donors (Lipinski definition) is 1. The van der Waals surface area contributed by atoms with Crippen molar-refractivity contribution in [3.63, 3.8) is 0 Å². The normalized spacial score (nSPS) is 30.5. The Morgan fingerprint density at radius 1 is 1.33 bits per heavy atom. The van der Waals surface area contributed by atoms with E-state index in [4.69, 9.17) is 4.74 Å². The van der Waals surface area contributed by atoms with Crippen LogP contribution in [0.5, 0.6) is 0 Å². The molecule has 5 heteroatoms. The summed E-state index contributed by atoms with van der Waals surface area (Å²) >= 11 is 0. The van der Waals surface area contributed by atoms with Crippen LogP contribution >= 0.6 is 0 Å². The molecular weight excluding hydrogens is 194 g/mol. The average molecular weight is 209 g/mol. The van der Waals surface area contributed by atoms with Gasteiger partial charge in [0.1, 0.15) is 11.9 Å². The molecule has 0 aliphatic carbocycles. The number of fused-ring (bicyclic) bond motifs is 1. The Hall–Kier alpha value is -0.940. The minimum absolute atomic E-state index is 0.126. The minimum atomic E-state index is -0.251. The van der Waals surface area contributed by atoms with Crippen molar-refractivity contribution >= 4 is 0 Å². The maximum absolute atomic E-state index is 9.52. The number of ether oxygens (including phenoxy) is 1. The summed E-state index contributed by atoms with van der Waals surface area (Å²) in [4.78, 5) is 0. The smallest absolute Gasteiger partial charge is 0.162 e. The van der Waals surface area contributed by atoms with Gasteiger partial charge >= 0.3 is 0 Å². The summed E-state index contributed by atoms with van der Waals surface area (Å²) in [6.45, 7) is 1.65. The van der Waals surface area contributed by atoms with E-state index in [9.17, 15) is 5.11 Å². The highest BCUT2D eigenvalue weighted by Gasteiger charge is 2.28. The van der Waals surface area contributed by atoms with Gasteiger partial charge in [0.05, 0.1) is 6.10 Å². The molecule has 15 heavy (non-hydrogen) atoms. The van der Waals surface area contributed by atoms with Gasteiger partial charge in [-0.25, -0.2) is 0 Å². The highest BCUT2D eigenvalue weighted by atomic mass is 16.5. The van der Waals surface area contributed by atoms with Crippen molar-refractivity contribution in [3.8, 4) is 0 Å². The largest absolute Gasteiger partial charge is 0.393 e. The van der Waals surface area contributed by atoms with Crippen molar-refractivity contribution in [1.82, 2.24) is 14.8 Å². The number of aliphatic hydroxyl groups is 1. The molecule has 5 nitrogen and oxygen atoms in total. The van der Waals surface area contributed by atoms with E-state index in [2.05, 4.69) is 14.8 Å². The van der Waals surface area contributed by atoms with Crippen LogP contribution in [0.15, 0.2) is 0 Å². The molecule has 0 saturated carbocycles. The molecular formula is C10H15N3O2. The first-order valence-corrected chi connectivity index (χ1v) is 5.56. The Morgan fingerprint density at radius 3 is 3.07 bits per heavy atom. The van der Waals surface area contributed by atoms with Gasteiger partial charge in [0.2, 0.25) is 0 Å². The van der Waals surface area contributed by atoms with Gasteiger partial charge in [-0.3, -0.25) is 0 Å². The zero-order chi connectivity index (χ0) is 10.3. The van der Waals surface area contributed by atoms with Crippen molar-refractivity contribution in [2.24, 2.45) is 0 Å². The number of aromatic nitrogens is 3. The Labute approximate surface area is 88.1 Å². The molecule has 1 aromatic rings. The third kappa shape index (κ3) is 1.55. The zero-order valence-corrected chi connectivity index (χ0v) is 8.59. The SMILES string of the molecule is OC1CCn2c(nnc2C2CCCO2)C1. The molecule has 2 aliphatic rings. The molecule has 1 saturated heterocycles. The van der Waals surface area contributed by atoms with Gasteiger partial charge in [-0.2, -0.15) is 0 Å². The van der Waals surface area contributed by atoms with E-state index in [1.54, 1.807) is 0 Å². The Kier molecular flexibility index (Phi) is 2.21. The summed E-state index contributed by atoms with van der Waals surface area (Å²) in [7, 11) is 0. The molecule has 0 aromatic carbocycles. The molecule has 1 fully saturated rings. The summed E-state index contributed by atoms with van der Waals surface area (Å²) in [5.41, 5.74) is 0. The molecule has 0 amide bonds. The van der Waals surface area contributed by atoms with Gasteiger partial charge in [-0.1, -0.05) is 0 Å². The zero-order valence-electron chi connectivity index (χ0n) is 8.59. The molecule has 1 N–H and O–H groups in total. The van der Waals surface area contributed by atoms with E-state index in [0.717, 1.165) is 44.1 Å². The van der Waals surface area contributed by atoms with E-state index in [0.29, 0.717) is 6.42 Å². The molecule has 0 spiro atoms. The average Bonchev–Trinajstić information content (AvgIpc) is 2.82. The lowest BCUT2D eigenvalue weighted by molar-refractivity contribution is 0.0964. The second-order valence-electron chi connectivity index (χ2n) is 4.27. The first kappa shape index (κ1) is 9.30. The van der Waals surface area contributed by atoms with Crippen LogP contribution in [-0.2, 0) is 17.7 Å². The van der Waals surface area contributed by atoms with Crippen molar-refractivity contribution in [1.29, 1.82) is 0 Å². The summed E-state index contributed by atoms with van der Waals surface area (Å²) in [5.74, 6) is 1.86. The summed E-state index contributed by atoms with van der Waals surface area (Å²) in [6.07, 6.45) is 3.45. The monoisotopic (exact) mass is 209 g/mol. The lowest BCUT2D eigenvalue weighted by Gasteiger charge is -2.20. The fraction of sp³-hybridized carbons (Fsp3) is 0.800. The second-order valence-corrected chi connectivity index (χ2v) is 4.27. The van der Waals surface area contributed by atoms with Crippen LogP contribution in [0.3, 0.4) is 0 Å². The fourth-order valence-electron chi connectivity index (χ4n) is 2.35. The van der Waals surface area contributed by atoms with E-state index in [-0.39, 0.29) is 12.2 Å². The number of hydrogen-bond acceptors (Lipinski definition) is 4. The lowest BCUT2D eigenvalue weighted by atomic mass is 10.1. The molecule has 1 aromatic heterocycles. The van der Waals surface area contributed by atoms with Crippen LogP contribution in [0.2, 0.25) is 0 Å². The van der Waals surface area contributed by atoms with E-state index in [1.165, 1.54) is 0 Å². The number of aliphatic hydroxyl groups excluding tert-OH is 1. The van der Waals surface area contributed by atoms with Crippen LogP contribution < -0.4 is 0 Å². The molecule has 0 radical (unpaired) electrons. The second kappa shape index (κ2) is 3.57. The van der Waals surface area contributed by atoms with Crippen LogP contribution in [-0.4, -0.2) is 32.6 Å².